The number of halogens is 3. The van der Waals surface area contributed by atoms with Gasteiger partial charge in [0.2, 0.25) is 17.7 Å². The molecule has 3 aromatic heterocycles. The summed E-state index contributed by atoms with van der Waals surface area (Å²) in [6.07, 6.45) is 7.46. The molecule has 1 unspecified atom stereocenters. The molecule has 7 aromatic rings. The number of allylic oxidation sites excluding steroid dienone is 2. The number of carbonyl (C=O) groups excluding carboxylic acids is 3. The third-order valence-electron chi connectivity index (χ3n) is 13.7. The molecule has 3 amide bonds. The molecule has 0 spiro atoms. The van der Waals surface area contributed by atoms with E-state index in [2.05, 4.69) is 15.0 Å². The number of aliphatic carboxylic acids is 3. The van der Waals surface area contributed by atoms with Crippen LogP contribution in [0.4, 0.5) is 15.4 Å². The number of benzene rings is 4. The Kier molecular flexibility index (Phi) is 21.5. The van der Waals surface area contributed by atoms with E-state index in [4.69, 9.17) is 39.5 Å². The van der Waals surface area contributed by atoms with Gasteiger partial charge in [-0.05, 0) is 68.0 Å². The van der Waals surface area contributed by atoms with Crippen molar-refractivity contribution in [2.45, 2.75) is 51.4 Å². The molecule has 80 heavy (non-hydrogen) atoms. The topological polar surface area (TPSA) is 221 Å². The number of amides is 3. The number of rotatable bonds is 16. The van der Waals surface area contributed by atoms with Gasteiger partial charge in [0.25, 0.3) is 0 Å². The summed E-state index contributed by atoms with van der Waals surface area (Å²) in [7, 11) is 6.48. The summed E-state index contributed by atoms with van der Waals surface area (Å²) in [5.41, 5.74) is 5.34. The van der Waals surface area contributed by atoms with Gasteiger partial charge in [-0.1, -0.05) is 127 Å². The Labute approximate surface area is 489 Å². The second-order valence-corrected chi connectivity index (χ2v) is 22.6. The SMILES string of the molecule is CN(C(=O)[C@@H]1CC=CC[C@@H]1C(=O)O)c1nc(-c2ccccc2Cl)cs1.CN(C(=O)[C@H]1CCCC[C@H]1C(=O)O)c1nc(-c2ccccc2Cl)cs1.COc1ccc(CC(CC(=O)O)C(=O)N(C)c2nc(-c3ccccc3Cl)cs2)cc1. The fourth-order valence-corrected chi connectivity index (χ4v) is 12.4. The highest BCUT2D eigenvalue weighted by Gasteiger charge is 2.39. The normalized spacial score (nSPS) is 16.8. The molecule has 16 nitrogen and oxygen atoms in total. The van der Waals surface area contributed by atoms with Crippen molar-refractivity contribution in [2.24, 2.45) is 29.6 Å². The van der Waals surface area contributed by atoms with Crippen molar-refractivity contribution in [1.29, 1.82) is 0 Å². The lowest BCUT2D eigenvalue weighted by Gasteiger charge is -2.30. The molecule has 5 atom stereocenters. The molecule has 0 radical (unpaired) electrons. The lowest BCUT2D eigenvalue weighted by Crippen LogP contribution is -2.40. The molecule has 22 heteroatoms. The Morgan fingerprint density at radius 3 is 1.38 bits per heavy atom. The monoisotopic (exact) mass is 1200 g/mol. The molecule has 4 aromatic carbocycles. The lowest BCUT2D eigenvalue weighted by molar-refractivity contribution is -0.148. The summed E-state index contributed by atoms with van der Waals surface area (Å²) in [6, 6.07) is 29.4. The van der Waals surface area contributed by atoms with Crippen molar-refractivity contribution in [2.75, 3.05) is 43.0 Å². The van der Waals surface area contributed by atoms with Crippen LogP contribution in [0.5, 0.6) is 5.75 Å². The number of aromatic nitrogens is 3. The molecule has 0 bridgehead atoms. The Bertz CT molecular complexity index is 3350. The first kappa shape index (κ1) is 60.6. The molecule has 3 heterocycles. The van der Waals surface area contributed by atoms with E-state index in [1.54, 1.807) is 58.6 Å². The maximum absolute atomic E-state index is 13.1. The molecular weight excluding hydrogens is 1140 g/mol. The van der Waals surface area contributed by atoms with Gasteiger partial charge in [-0.2, -0.15) is 0 Å². The summed E-state index contributed by atoms with van der Waals surface area (Å²) in [5, 5.41) is 36.9. The van der Waals surface area contributed by atoms with Crippen molar-refractivity contribution in [3.8, 4) is 39.5 Å². The minimum Gasteiger partial charge on any atom is -0.497 e. The van der Waals surface area contributed by atoms with Crippen LogP contribution in [0.15, 0.2) is 125 Å². The van der Waals surface area contributed by atoms with Gasteiger partial charge in [0, 0.05) is 69.0 Å². The number of methoxy groups -OCH3 is 1. The summed E-state index contributed by atoms with van der Waals surface area (Å²) in [4.78, 5) is 90.9. The molecule has 0 aliphatic heterocycles. The standard InChI is InChI=1S/C22H21ClN2O4S.C18H19ClN2O3S.C18H17ClN2O3S/c1-25(22-24-19(13-30-22)17-5-3-4-6-18(17)23)21(28)15(12-20(26)27)11-14-7-9-16(29-2)10-8-14;2*1-21(16(22)11-6-2-3-7-12(11)17(23)24)18-20-15(10-25-18)13-8-4-5-9-14(13)19/h3-10,13,15H,11-12H2,1-2H3,(H,26,27);4-5,8-12H,2-3,6-7H2,1H3,(H,23,24);2-5,8-12H,6-7H2,1H3,(H,23,24)/t;2*11-,12+/m.01/s1. The van der Waals surface area contributed by atoms with Gasteiger partial charge in [-0.3, -0.25) is 43.5 Å². The van der Waals surface area contributed by atoms with Gasteiger partial charge in [0.1, 0.15) is 5.75 Å². The van der Waals surface area contributed by atoms with Crippen LogP contribution in [0.1, 0.15) is 50.5 Å². The number of ether oxygens (including phenoxy) is 1. The largest absolute Gasteiger partial charge is 0.497 e. The number of anilines is 3. The molecular formula is C58H57Cl3N6O10S3. The average Bonchev–Trinajstić information content (AvgIpc) is 4.28. The van der Waals surface area contributed by atoms with Crippen LogP contribution in [0.25, 0.3) is 33.8 Å². The van der Waals surface area contributed by atoms with Gasteiger partial charge in [-0.25, -0.2) is 15.0 Å². The first-order chi connectivity index (χ1) is 38.4. The maximum atomic E-state index is 13.1. The van der Waals surface area contributed by atoms with E-state index in [0.29, 0.717) is 85.4 Å². The second kappa shape index (κ2) is 28.4. The van der Waals surface area contributed by atoms with Gasteiger partial charge in [-0.15, -0.1) is 34.0 Å². The second-order valence-electron chi connectivity index (χ2n) is 18.9. The number of hydrogen-bond donors (Lipinski definition) is 3. The summed E-state index contributed by atoms with van der Waals surface area (Å²) < 4.78 is 5.14. The lowest BCUT2D eigenvalue weighted by atomic mass is 9.78. The highest BCUT2D eigenvalue weighted by molar-refractivity contribution is 7.14. The molecule has 9 rings (SSSR count). The minimum absolute atomic E-state index is 0.174. The molecule has 2 aliphatic rings. The van der Waals surface area contributed by atoms with Crippen LogP contribution in [0.3, 0.4) is 0 Å². The van der Waals surface area contributed by atoms with E-state index in [1.807, 2.05) is 95.0 Å². The number of hydrogen-bond acceptors (Lipinski definition) is 13. The number of thiazole rings is 3. The molecule has 1 fully saturated rings. The molecule has 3 N–H and O–H groups in total. The van der Waals surface area contributed by atoms with Gasteiger partial charge < -0.3 is 20.1 Å². The van der Waals surface area contributed by atoms with Gasteiger partial charge in [0.15, 0.2) is 15.4 Å². The summed E-state index contributed by atoms with van der Waals surface area (Å²) >= 11 is 22.6. The Balaban J connectivity index is 0.000000174. The van der Waals surface area contributed by atoms with E-state index >= 15 is 0 Å². The third kappa shape index (κ3) is 15.3. The smallest absolute Gasteiger partial charge is 0.307 e. The highest BCUT2D eigenvalue weighted by Crippen LogP contribution is 2.38. The first-order valence-corrected chi connectivity index (χ1v) is 29.0. The third-order valence-corrected chi connectivity index (χ3v) is 17.4. The zero-order valence-electron chi connectivity index (χ0n) is 43.9. The van der Waals surface area contributed by atoms with E-state index < -0.39 is 47.5 Å². The van der Waals surface area contributed by atoms with Crippen molar-refractivity contribution in [3.63, 3.8) is 0 Å². The van der Waals surface area contributed by atoms with Crippen molar-refractivity contribution in [3.05, 3.63) is 146 Å². The molecule has 2 aliphatic carbocycles. The van der Waals surface area contributed by atoms with E-state index in [0.717, 1.165) is 35.1 Å². The van der Waals surface area contributed by atoms with Crippen LogP contribution < -0.4 is 19.4 Å². The Morgan fingerprint density at radius 2 is 0.963 bits per heavy atom. The quantitative estimate of drug-likeness (QED) is 0.0768. The molecule has 418 valence electrons. The number of nitrogens with zero attached hydrogens (tertiary/aromatic N) is 6. The summed E-state index contributed by atoms with van der Waals surface area (Å²) in [5.74, 6) is -5.91. The van der Waals surface area contributed by atoms with Crippen LogP contribution in [0, 0.1) is 29.6 Å². The zero-order chi connectivity index (χ0) is 57.6. The average molecular weight is 1200 g/mol. The van der Waals surface area contributed by atoms with E-state index in [1.165, 1.54) is 48.7 Å². The Morgan fingerprint density at radius 1 is 0.562 bits per heavy atom. The highest BCUT2D eigenvalue weighted by atomic mass is 35.5. The Hall–Kier alpha value is -7.00. The van der Waals surface area contributed by atoms with E-state index in [-0.39, 0.29) is 24.1 Å². The van der Waals surface area contributed by atoms with E-state index in [9.17, 15) is 44.1 Å². The van der Waals surface area contributed by atoms with Crippen LogP contribution in [-0.4, -0.2) is 94.2 Å². The number of carboxylic acid groups (broad SMARTS) is 3. The summed E-state index contributed by atoms with van der Waals surface area (Å²) in [6.45, 7) is 0. The van der Waals surface area contributed by atoms with Crippen molar-refractivity contribution in [1.82, 2.24) is 15.0 Å². The first-order valence-electron chi connectivity index (χ1n) is 25.3. The fraction of sp³-hybridized carbons (Fsp3) is 0.293. The predicted molar refractivity (Wildman–Crippen MR) is 316 cm³/mol. The molecule has 1 saturated carbocycles. The minimum atomic E-state index is -1.02. The van der Waals surface area contributed by atoms with Crippen LogP contribution >= 0.6 is 68.8 Å². The predicted octanol–water partition coefficient (Wildman–Crippen LogP) is 13.2. The van der Waals surface area contributed by atoms with Gasteiger partial charge >= 0.3 is 17.9 Å². The fourth-order valence-electron chi connectivity index (χ4n) is 9.27. The van der Waals surface area contributed by atoms with Crippen LogP contribution in [-0.2, 0) is 35.2 Å². The number of carboxylic acids is 3. The van der Waals surface area contributed by atoms with Crippen molar-refractivity contribution < 1.29 is 48.8 Å². The molecule has 0 saturated heterocycles. The zero-order valence-corrected chi connectivity index (χ0v) is 48.6. The van der Waals surface area contributed by atoms with Crippen molar-refractivity contribution >= 4 is 120 Å². The van der Waals surface area contributed by atoms with Crippen LogP contribution in [0.2, 0.25) is 15.1 Å². The maximum Gasteiger partial charge on any atom is 0.307 e. The number of carbonyl (C=O) groups is 6. The van der Waals surface area contributed by atoms with Gasteiger partial charge in [0.05, 0.1) is 60.2 Å².